The lowest BCUT2D eigenvalue weighted by atomic mass is 10.1. The van der Waals surface area contributed by atoms with Gasteiger partial charge in [-0.3, -0.25) is 0 Å². The highest BCUT2D eigenvalue weighted by molar-refractivity contribution is 5.29. The second kappa shape index (κ2) is 8.05. The molecule has 0 amide bonds. The summed E-state index contributed by atoms with van der Waals surface area (Å²) in [6, 6.07) is 5.83. The standard InChI is InChI=1S/C15H20F3NO2/c1-11(2)10-20-9-8-19-12(3)13-4-6-14(7-5-13)21-15(16,17)18/h4-7,12,19H,1,8-10H2,2-3H3. The van der Waals surface area contributed by atoms with Crippen LogP contribution in [0.3, 0.4) is 0 Å². The first-order chi connectivity index (χ1) is 9.78. The molecule has 21 heavy (non-hydrogen) atoms. The third kappa shape index (κ3) is 7.72. The fourth-order valence-electron chi connectivity index (χ4n) is 1.67. The highest BCUT2D eigenvalue weighted by atomic mass is 19.4. The number of halogens is 3. The Morgan fingerprint density at radius 2 is 1.90 bits per heavy atom. The summed E-state index contributed by atoms with van der Waals surface area (Å²) in [6.45, 7) is 9.27. The van der Waals surface area contributed by atoms with Gasteiger partial charge in [0.05, 0.1) is 13.2 Å². The molecule has 0 aliphatic heterocycles. The van der Waals surface area contributed by atoms with Crippen LogP contribution >= 0.6 is 0 Å². The maximum atomic E-state index is 12.0. The minimum absolute atomic E-state index is 0.0124. The maximum Gasteiger partial charge on any atom is 0.573 e. The van der Waals surface area contributed by atoms with Crippen molar-refractivity contribution in [1.29, 1.82) is 0 Å². The minimum Gasteiger partial charge on any atom is -0.406 e. The fraction of sp³-hybridized carbons (Fsp3) is 0.467. The molecule has 118 valence electrons. The summed E-state index contributed by atoms with van der Waals surface area (Å²) in [5.74, 6) is -0.219. The molecule has 0 radical (unpaired) electrons. The van der Waals surface area contributed by atoms with Crippen molar-refractivity contribution in [1.82, 2.24) is 5.32 Å². The van der Waals surface area contributed by atoms with Gasteiger partial charge in [0.2, 0.25) is 0 Å². The molecule has 0 heterocycles. The Bertz CT molecular complexity index is 443. The van der Waals surface area contributed by atoms with Crippen LogP contribution in [0, 0.1) is 0 Å². The Morgan fingerprint density at radius 3 is 2.43 bits per heavy atom. The lowest BCUT2D eigenvalue weighted by Gasteiger charge is -2.15. The summed E-state index contributed by atoms with van der Waals surface area (Å²) in [4.78, 5) is 0. The van der Waals surface area contributed by atoms with E-state index in [9.17, 15) is 13.2 Å². The molecule has 1 aromatic carbocycles. The summed E-state index contributed by atoms with van der Waals surface area (Å²) in [7, 11) is 0. The van der Waals surface area contributed by atoms with Crippen molar-refractivity contribution in [2.24, 2.45) is 0 Å². The van der Waals surface area contributed by atoms with E-state index in [1.807, 2.05) is 13.8 Å². The third-order valence-electron chi connectivity index (χ3n) is 2.66. The van der Waals surface area contributed by atoms with E-state index in [2.05, 4.69) is 16.6 Å². The molecular formula is C15H20F3NO2. The molecule has 0 aliphatic carbocycles. The van der Waals surface area contributed by atoms with Crippen molar-refractivity contribution in [3.05, 3.63) is 42.0 Å². The smallest absolute Gasteiger partial charge is 0.406 e. The van der Waals surface area contributed by atoms with Gasteiger partial charge in [-0.2, -0.15) is 0 Å². The summed E-state index contributed by atoms with van der Waals surface area (Å²) in [5, 5.41) is 3.22. The Labute approximate surface area is 122 Å². The maximum absolute atomic E-state index is 12.0. The first-order valence-corrected chi connectivity index (χ1v) is 6.59. The zero-order valence-electron chi connectivity index (χ0n) is 12.2. The molecule has 1 unspecified atom stereocenters. The van der Waals surface area contributed by atoms with Crippen molar-refractivity contribution < 1.29 is 22.6 Å². The summed E-state index contributed by atoms with van der Waals surface area (Å²) >= 11 is 0. The molecule has 1 N–H and O–H groups in total. The number of nitrogens with one attached hydrogen (secondary N) is 1. The van der Waals surface area contributed by atoms with Gasteiger partial charge in [0.15, 0.2) is 0 Å². The van der Waals surface area contributed by atoms with Gasteiger partial charge in [-0.15, -0.1) is 13.2 Å². The molecule has 6 heteroatoms. The van der Waals surface area contributed by atoms with E-state index < -0.39 is 6.36 Å². The zero-order valence-corrected chi connectivity index (χ0v) is 12.2. The molecule has 0 saturated heterocycles. The normalized spacial score (nSPS) is 13.0. The van der Waals surface area contributed by atoms with Crippen LogP contribution < -0.4 is 10.1 Å². The fourth-order valence-corrected chi connectivity index (χ4v) is 1.67. The van der Waals surface area contributed by atoms with Crippen LogP contribution in [0.25, 0.3) is 0 Å². The molecular weight excluding hydrogens is 283 g/mol. The number of hydrogen-bond donors (Lipinski definition) is 1. The molecule has 0 spiro atoms. The Hall–Kier alpha value is -1.53. The third-order valence-corrected chi connectivity index (χ3v) is 2.66. The summed E-state index contributed by atoms with van der Waals surface area (Å²) < 4.78 is 45.3. The molecule has 1 atom stereocenters. The Morgan fingerprint density at radius 1 is 1.29 bits per heavy atom. The van der Waals surface area contributed by atoms with E-state index in [4.69, 9.17) is 4.74 Å². The number of rotatable bonds is 8. The average Bonchev–Trinajstić information content (AvgIpc) is 2.36. The number of alkyl halides is 3. The molecule has 1 rings (SSSR count). The van der Waals surface area contributed by atoms with Crippen LogP contribution in [0.5, 0.6) is 5.75 Å². The highest BCUT2D eigenvalue weighted by Crippen LogP contribution is 2.24. The van der Waals surface area contributed by atoms with Gasteiger partial charge >= 0.3 is 6.36 Å². The van der Waals surface area contributed by atoms with Crippen LogP contribution in [0.15, 0.2) is 36.4 Å². The minimum atomic E-state index is -4.66. The lowest BCUT2D eigenvalue weighted by molar-refractivity contribution is -0.274. The van der Waals surface area contributed by atoms with Gasteiger partial charge in [-0.25, -0.2) is 0 Å². The van der Waals surface area contributed by atoms with Gasteiger partial charge in [0.1, 0.15) is 5.75 Å². The van der Waals surface area contributed by atoms with Crippen molar-refractivity contribution in [3.63, 3.8) is 0 Å². The van der Waals surface area contributed by atoms with E-state index in [-0.39, 0.29) is 11.8 Å². The van der Waals surface area contributed by atoms with Gasteiger partial charge in [-0.05, 0) is 31.5 Å². The van der Waals surface area contributed by atoms with Gasteiger partial charge in [0, 0.05) is 12.6 Å². The van der Waals surface area contributed by atoms with Crippen molar-refractivity contribution in [3.8, 4) is 5.75 Å². The quantitative estimate of drug-likeness (QED) is 0.585. The summed E-state index contributed by atoms with van der Waals surface area (Å²) in [5.41, 5.74) is 1.84. The largest absolute Gasteiger partial charge is 0.573 e. The van der Waals surface area contributed by atoms with Crippen LogP contribution in [-0.4, -0.2) is 26.1 Å². The number of ether oxygens (including phenoxy) is 2. The molecule has 0 aliphatic rings. The molecule has 0 fully saturated rings. The van der Waals surface area contributed by atoms with E-state index in [1.165, 1.54) is 12.1 Å². The van der Waals surface area contributed by atoms with E-state index in [1.54, 1.807) is 12.1 Å². The second-order valence-corrected chi connectivity index (χ2v) is 4.80. The summed E-state index contributed by atoms with van der Waals surface area (Å²) in [6.07, 6.45) is -4.66. The van der Waals surface area contributed by atoms with Gasteiger partial charge < -0.3 is 14.8 Å². The highest BCUT2D eigenvalue weighted by Gasteiger charge is 2.30. The Kier molecular flexibility index (Phi) is 6.71. The van der Waals surface area contributed by atoms with E-state index >= 15 is 0 Å². The van der Waals surface area contributed by atoms with Gasteiger partial charge in [-0.1, -0.05) is 24.3 Å². The average molecular weight is 303 g/mol. The predicted octanol–water partition coefficient (Wildman–Crippen LogP) is 3.83. The van der Waals surface area contributed by atoms with E-state index in [0.717, 1.165) is 11.1 Å². The topological polar surface area (TPSA) is 30.5 Å². The van der Waals surface area contributed by atoms with Gasteiger partial charge in [0.25, 0.3) is 0 Å². The number of benzene rings is 1. The predicted molar refractivity (Wildman–Crippen MR) is 75.2 cm³/mol. The van der Waals surface area contributed by atoms with Crippen LogP contribution in [0.4, 0.5) is 13.2 Å². The lowest BCUT2D eigenvalue weighted by Crippen LogP contribution is -2.23. The molecule has 3 nitrogen and oxygen atoms in total. The van der Waals surface area contributed by atoms with Crippen LogP contribution in [-0.2, 0) is 4.74 Å². The Balaban J connectivity index is 2.37. The first kappa shape index (κ1) is 17.5. The van der Waals surface area contributed by atoms with Crippen LogP contribution in [0.1, 0.15) is 25.5 Å². The molecule has 0 aromatic heterocycles. The van der Waals surface area contributed by atoms with Crippen molar-refractivity contribution >= 4 is 0 Å². The number of hydrogen-bond acceptors (Lipinski definition) is 3. The van der Waals surface area contributed by atoms with Crippen LogP contribution in [0.2, 0.25) is 0 Å². The van der Waals surface area contributed by atoms with Crippen molar-refractivity contribution in [2.75, 3.05) is 19.8 Å². The second-order valence-electron chi connectivity index (χ2n) is 4.80. The molecule has 1 aromatic rings. The zero-order chi connectivity index (χ0) is 15.9. The van der Waals surface area contributed by atoms with E-state index in [0.29, 0.717) is 19.8 Å². The monoisotopic (exact) mass is 303 g/mol. The SMILES string of the molecule is C=C(C)COCCNC(C)c1ccc(OC(F)(F)F)cc1. The first-order valence-electron chi connectivity index (χ1n) is 6.59. The van der Waals surface area contributed by atoms with Crippen molar-refractivity contribution in [2.45, 2.75) is 26.3 Å². The molecule has 0 bridgehead atoms. The molecule has 0 saturated carbocycles.